The van der Waals surface area contributed by atoms with Gasteiger partial charge >= 0.3 is 0 Å². The fourth-order valence-corrected chi connectivity index (χ4v) is 8.62. The molecule has 1 aliphatic carbocycles. The predicted octanol–water partition coefficient (Wildman–Crippen LogP) is 13.0. The van der Waals surface area contributed by atoms with Gasteiger partial charge in [-0.25, -0.2) is 9.97 Å². The van der Waals surface area contributed by atoms with E-state index in [1.807, 2.05) is 36.4 Å². The number of fused-ring (bicyclic) bond motifs is 3. The van der Waals surface area contributed by atoms with Crippen molar-refractivity contribution in [2.45, 2.75) is 5.41 Å². The van der Waals surface area contributed by atoms with Crippen LogP contribution in [-0.4, -0.2) is 9.97 Å². The van der Waals surface area contributed by atoms with Crippen LogP contribution in [0.3, 0.4) is 0 Å². The maximum Gasteiger partial charge on any atom is 0.160 e. The van der Waals surface area contributed by atoms with Gasteiger partial charge in [-0.05, 0) is 80.4 Å². The zero-order valence-electron chi connectivity index (χ0n) is 31.0. The standard InChI is InChI=1S/C54H35N3/c55-36-44-24-15-29-48-52(44)47-31-30-41(34-49(47)54(48,45-25-9-3-10-26-45)46-27-11-4-12-28-46)40-21-14-23-43(33-40)51-35-50(56-53(57-51)38-18-7-2-8-19-38)42-22-13-20-39(32-42)37-16-5-1-6-17-37/h1-35H. The molecule has 0 unspecified atom stereocenters. The zero-order chi connectivity index (χ0) is 38.2. The molecule has 266 valence electrons. The van der Waals surface area contributed by atoms with Gasteiger partial charge in [-0.3, -0.25) is 0 Å². The molecular formula is C54H35N3. The fraction of sp³-hybridized carbons (Fsp3) is 0.0185. The van der Waals surface area contributed by atoms with Gasteiger partial charge in [0.15, 0.2) is 5.82 Å². The summed E-state index contributed by atoms with van der Waals surface area (Å²) in [5.74, 6) is 0.678. The van der Waals surface area contributed by atoms with Gasteiger partial charge in [-0.1, -0.05) is 182 Å². The molecule has 0 bridgehead atoms. The third kappa shape index (κ3) is 5.84. The summed E-state index contributed by atoms with van der Waals surface area (Å²) >= 11 is 0. The highest BCUT2D eigenvalue weighted by Gasteiger charge is 2.47. The normalized spacial score (nSPS) is 12.3. The van der Waals surface area contributed by atoms with Crippen LogP contribution in [0.5, 0.6) is 0 Å². The summed E-state index contributed by atoms with van der Waals surface area (Å²) in [7, 11) is 0. The first-order valence-corrected chi connectivity index (χ1v) is 19.2. The van der Waals surface area contributed by atoms with Gasteiger partial charge in [0.2, 0.25) is 0 Å². The Labute approximate surface area is 332 Å². The van der Waals surface area contributed by atoms with E-state index in [2.05, 4.69) is 182 Å². The first-order valence-electron chi connectivity index (χ1n) is 19.2. The topological polar surface area (TPSA) is 49.6 Å². The van der Waals surface area contributed by atoms with Gasteiger partial charge in [0, 0.05) is 22.3 Å². The fourth-order valence-electron chi connectivity index (χ4n) is 8.62. The molecule has 1 aromatic heterocycles. The maximum atomic E-state index is 10.4. The molecule has 0 saturated carbocycles. The lowest BCUT2D eigenvalue weighted by molar-refractivity contribution is 0.768. The predicted molar refractivity (Wildman–Crippen MR) is 231 cm³/mol. The van der Waals surface area contributed by atoms with Crippen LogP contribution in [0.25, 0.3) is 67.3 Å². The van der Waals surface area contributed by atoms with E-state index in [1.54, 1.807) is 0 Å². The monoisotopic (exact) mass is 725 g/mol. The lowest BCUT2D eigenvalue weighted by Gasteiger charge is -2.34. The van der Waals surface area contributed by atoms with E-state index in [9.17, 15) is 5.26 Å². The average Bonchev–Trinajstić information content (AvgIpc) is 3.61. The molecule has 0 amide bonds. The van der Waals surface area contributed by atoms with Crippen LogP contribution < -0.4 is 0 Å². The van der Waals surface area contributed by atoms with Crippen molar-refractivity contribution in [3.63, 3.8) is 0 Å². The van der Waals surface area contributed by atoms with Crippen LogP contribution in [0.2, 0.25) is 0 Å². The van der Waals surface area contributed by atoms with Crippen LogP contribution in [0.15, 0.2) is 212 Å². The van der Waals surface area contributed by atoms with Gasteiger partial charge in [-0.15, -0.1) is 0 Å². The Morgan fingerprint density at radius 2 is 0.842 bits per heavy atom. The van der Waals surface area contributed by atoms with E-state index in [-0.39, 0.29) is 0 Å². The summed E-state index contributed by atoms with van der Waals surface area (Å²) in [6.07, 6.45) is 0. The minimum absolute atomic E-state index is 0.617. The lowest BCUT2D eigenvalue weighted by Crippen LogP contribution is -2.28. The SMILES string of the molecule is N#Cc1cccc2c1-c1ccc(-c3cccc(-c4cc(-c5cccc(-c6ccccc6)c5)nc(-c5ccccc5)n4)c3)cc1C2(c1ccccc1)c1ccccc1. The molecule has 0 spiro atoms. The van der Waals surface area contributed by atoms with Gasteiger partial charge in [0.05, 0.1) is 28.4 Å². The molecule has 57 heavy (non-hydrogen) atoms. The highest BCUT2D eigenvalue weighted by atomic mass is 14.9. The molecule has 9 aromatic rings. The molecule has 10 rings (SSSR count). The summed E-state index contributed by atoms with van der Waals surface area (Å²) in [6, 6.07) is 76.8. The van der Waals surface area contributed by atoms with Gasteiger partial charge in [0.25, 0.3) is 0 Å². The quantitative estimate of drug-likeness (QED) is 0.164. The molecule has 3 nitrogen and oxygen atoms in total. The molecule has 0 N–H and O–H groups in total. The maximum absolute atomic E-state index is 10.4. The van der Waals surface area contributed by atoms with Crippen molar-refractivity contribution >= 4 is 0 Å². The second-order valence-corrected chi connectivity index (χ2v) is 14.4. The number of hydrogen-bond acceptors (Lipinski definition) is 3. The zero-order valence-corrected chi connectivity index (χ0v) is 31.0. The average molecular weight is 726 g/mol. The van der Waals surface area contributed by atoms with Crippen LogP contribution >= 0.6 is 0 Å². The molecule has 3 heteroatoms. The Balaban J connectivity index is 1.14. The van der Waals surface area contributed by atoms with E-state index >= 15 is 0 Å². The Morgan fingerprint density at radius 1 is 0.368 bits per heavy atom. The van der Waals surface area contributed by atoms with Crippen molar-refractivity contribution in [2.24, 2.45) is 0 Å². The van der Waals surface area contributed by atoms with Crippen molar-refractivity contribution in [2.75, 3.05) is 0 Å². The molecular weight excluding hydrogens is 691 g/mol. The Hall–Kier alpha value is -7.67. The summed E-state index contributed by atoms with van der Waals surface area (Å²) < 4.78 is 0. The lowest BCUT2D eigenvalue weighted by atomic mass is 9.67. The van der Waals surface area contributed by atoms with Gasteiger partial charge in [0.1, 0.15) is 0 Å². The summed E-state index contributed by atoms with van der Waals surface area (Å²) in [4.78, 5) is 10.3. The van der Waals surface area contributed by atoms with E-state index < -0.39 is 5.41 Å². The number of benzene rings is 8. The minimum Gasteiger partial charge on any atom is -0.228 e. The summed E-state index contributed by atoms with van der Waals surface area (Å²) in [6.45, 7) is 0. The Bertz CT molecular complexity index is 2910. The van der Waals surface area contributed by atoms with Crippen LogP contribution in [0, 0.1) is 11.3 Å². The highest BCUT2D eigenvalue weighted by Crippen LogP contribution is 2.57. The Morgan fingerprint density at radius 3 is 1.42 bits per heavy atom. The van der Waals surface area contributed by atoms with Crippen LogP contribution in [-0.2, 0) is 5.41 Å². The minimum atomic E-state index is -0.617. The smallest absolute Gasteiger partial charge is 0.160 e. The van der Waals surface area contributed by atoms with Crippen molar-refractivity contribution in [1.82, 2.24) is 9.97 Å². The molecule has 1 aliphatic rings. The molecule has 1 heterocycles. The van der Waals surface area contributed by atoms with Crippen molar-refractivity contribution in [3.05, 3.63) is 240 Å². The third-order valence-corrected chi connectivity index (χ3v) is 11.2. The second-order valence-electron chi connectivity index (χ2n) is 14.4. The van der Waals surface area contributed by atoms with E-state index in [4.69, 9.17) is 9.97 Å². The van der Waals surface area contributed by atoms with Crippen molar-refractivity contribution < 1.29 is 0 Å². The van der Waals surface area contributed by atoms with Crippen molar-refractivity contribution in [3.8, 4) is 73.4 Å². The largest absolute Gasteiger partial charge is 0.228 e. The molecule has 0 fully saturated rings. The second kappa shape index (κ2) is 14.2. The van der Waals surface area contributed by atoms with E-state index in [0.717, 1.165) is 83.7 Å². The van der Waals surface area contributed by atoms with Crippen molar-refractivity contribution in [1.29, 1.82) is 5.26 Å². The third-order valence-electron chi connectivity index (χ3n) is 11.2. The van der Waals surface area contributed by atoms with Gasteiger partial charge in [-0.2, -0.15) is 5.26 Å². The molecule has 0 radical (unpaired) electrons. The first-order chi connectivity index (χ1) is 28.2. The summed E-state index contributed by atoms with van der Waals surface area (Å²) in [5, 5.41) is 10.4. The molecule has 0 atom stereocenters. The Kier molecular flexibility index (Phi) is 8.43. The molecule has 8 aromatic carbocycles. The van der Waals surface area contributed by atoms with Gasteiger partial charge < -0.3 is 0 Å². The number of hydrogen-bond donors (Lipinski definition) is 0. The number of aromatic nitrogens is 2. The highest BCUT2D eigenvalue weighted by molar-refractivity contribution is 5.91. The number of nitriles is 1. The molecule has 0 aliphatic heterocycles. The van der Waals surface area contributed by atoms with E-state index in [0.29, 0.717) is 11.4 Å². The van der Waals surface area contributed by atoms with Crippen LogP contribution in [0.4, 0.5) is 0 Å². The number of rotatable bonds is 7. The number of nitrogens with zero attached hydrogens (tertiary/aromatic N) is 3. The summed E-state index contributed by atoms with van der Waals surface area (Å²) in [5.41, 5.74) is 15.9. The van der Waals surface area contributed by atoms with E-state index in [1.165, 1.54) is 0 Å². The van der Waals surface area contributed by atoms with Crippen LogP contribution in [0.1, 0.15) is 27.8 Å². The first kappa shape index (κ1) is 33.9. The molecule has 0 saturated heterocycles.